The molecule has 0 aliphatic heterocycles. The van der Waals surface area contributed by atoms with E-state index in [1.165, 1.54) is 7.11 Å². The van der Waals surface area contributed by atoms with Gasteiger partial charge in [0.1, 0.15) is 0 Å². The van der Waals surface area contributed by atoms with Gasteiger partial charge in [0.15, 0.2) is 11.5 Å². The molecule has 0 heterocycles. The Bertz CT molecular complexity index is 484. The predicted molar refractivity (Wildman–Crippen MR) is 91.9 cm³/mol. The van der Waals surface area contributed by atoms with Crippen LogP contribution in [0.1, 0.15) is 31.1 Å². The van der Waals surface area contributed by atoms with Crippen LogP contribution >= 0.6 is 24.0 Å². The Morgan fingerprint density at radius 1 is 1.36 bits per heavy atom. The molecule has 1 atom stereocenters. The van der Waals surface area contributed by atoms with Crippen LogP contribution in [0.5, 0.6) is 11.5 Å². The first-order chi connectivity index (χ1) is 10.0. The van der Waals surface area contributed by atoms with E-state index in [4.69, 9.17) is 21.1 Å². The maximum Gasteiger partial charge on any atom is 0.251 e. The lowest BCUT2D eigenvalue weighted by Crippen LogP contribution is -2.38. The molecule has 22 heavy (non-hydrogen) atoms. The molecule has 0 fully saturated rings. The van der Waals surface area contributed by atoms with Gasteiger partial charge in [0, 0.05) is 18.2 Å². The van der Waals surface area contributed by atoms with E-state index in [9.17, 15) is 4.79 Å². The minimum absolute atomic E-state index is 0. The molecule has 2 N–H and O–H groups in total. The molecule has 0 saturated carbocycles. The van der Waals surface area contributed by atoms with Crippen molar-refractivity contribution in [1.29, 1.82) is 0 Å². The number of carbonyl (C=O) groups excluding carboxylic acids is 1. The van der Waals surface area contributed by atoms with E-state index in [1.54, 1.807) is 12.1 Å². The second-order valence-electron chi connectivity index (χ2n) is 4.59. The molecule has 0 aromatic heterocycles. The van der Waals surface area contributed by atoms with Crippen molar-refractivity contribution in [1.82, 2.24) is 10.6 Å². The molecular weight excluding hydrogens is 327 g/mol. The number of carbonyl (C=O) groups is 1. The van der Waals surface area contributed by atoms with Gasteiger partial charge in [-0.3, -0.25) is 4.79 Å². The van der Waals surface area contributed by atoms with Crippen molar-refractivity contribution in [3.05, 3.63) is 22.7 Å². The lowest BCUT2D eigenvalue weighted by molar-refractivity contribution is 0.0950. The zero-order chi connectivity index (χ0) is 15.8. The highest BCUT2D eigenvalue weighted by Crippen LogP contribution is 2.36. The van der Waals surface area contributed by atoms with E-state index < -0.39 is 0 Å². The van der Waals surface area contributed by atoms with Gasteiger partial charge < -0.3 is 20.1 Å². The fraction of sp³-hybridized carbons (Fsp3) is 0.533. The number of rotatable bonds is 8. The van der Waals surface area contributed by atoms with Crippen LogP contribution in [-0.2, 0) is 0 Å². The van der Waals surface area contributed by atoms with Crippen LogP contribution in [0.15, 0.2) is 12.1 Å². The van der Waals surface area contributed by atoms with E-state index >= 15 is 0 Å². The van der Waals surface area contributed by atoms with Crippen molar-refractivity contribution in [3.8, 4) is 11.5 Å². The van der Waals surface area contributed by atoms with E-state index in [-0.39, 0.29) is 24.4 Å². The first-order valence-corrected chi connectivity index (χ1v) is 7.43. The molecule has 0 aliphatic rings. The van der Waals surface area contributed by atoms with Crippen molar-refractivity contribution in [2.45, 2.75) is 26.8 Å². The summed E-state index contributed by atoms with van der Waals surface area (Å²) in [7, 11) is 1.52. The second kappa shape index (κ2) is 10.5. The molecule has 0 unspecified atom stereocenters. The summed E-state index contributed by atoms with van der Waals surface area (Å²) in [6.07, 6.45) is 0. The van der Waals surface area contributed by atoms with Crippen molar-refractivity contribution in [2.24, 2.45) is 0 Å². The predicted octanol–water partition coefficient (Wildman–Crippen LogP) is 2.90. The summed E-state index contributed by atoms with van der Waals surface area (Å²) in [6, 6.07) is 3.42. The molecule has 126 valence electrons. The van der Waals surface area contributed by atoms with Gasteiger partial charge in [-0.1, -0.05) is 18.5 Å². The third-order valence-corrected chi connectivity index (χ3v) is 3.18. The van der Waals surface area contributed by atoms with Crippen LogP contribution < -0.4 is 20.1 Å². The van der Waals surface area contributed by atoms with Gasteiger partial charge in [-0.2, -0.15) is 0 Å². The SMILES string of the molecule is CCN[C@H](C)CNC(=O)c1cc(Cl)c(OCC)c(OC)c1.Cl. The van der Waals surface area contributed by atoms with Crippen molar-refractivity contribution in [3.63, 3.8) is 0 Å². The van der Waals surface area contributed by atoms with Gasteiger partial charge in [0.2, 0.25) is 0 Å². The molecular formula is C15H24Cl2N2O3. The molecule has 0 bridgehead atoms. The maximum atomic E-state index is 12.1. The van der Waals surface area contributed by atoms with Gasteiger partial charge in [-0.25, -0.2) is 0 Å². The smallest absolute Gasteiger partial charge is 0.251 e. The van der Waals surface area contributed by atoms with E-state index in [2.05, 4.69) is 10.6 Å². The average molecular weight is 351 g/mol. The van der Waals surface area contributed by atoms with Crippen molar-refractivity contribution >= 4 is 29.9 Å². The number of amides is 1. The highest BCUT2D eigenvalue weighted by molar-refractivity contribution is 6.32. The van der Waals surface area contributed by atoms with Crippen LogP contribution in [0.2, 0.25) is 5.02 Å². The van der Waals surface area contributed by atoms with Gasteiger partial charge in [0.25, 0.3) is 5.91 Å². The lowest BCUT2D eigenvalue weighted by atomic mass is 10.1. The number of methoxy groups -OCH3 is 1. The van der Waals surface area contributed by atoms with Gasteiger partial charge in [0.05, 0.1) is 18.7 Å². The second-order valence-corrected chi connectivity index (χ2v) is 5.00. The van der Waals surface area contributed by atoms with Crippen LogP contribution in [0.4, 0.5) is 0 Å². The Morgan fingerprint density at radius 3 is 2.59 bits per heavy atom. The van der Waals surface area contributed by atoms with Crippen molar-refractivity contribution < 1.29 is 14.3 Å². The summed E-state index contributed by atoms with van der Waals surface area (Å²) in [5.74, 6) is 0.719. The fourth-order valence-corrected chi connectivity index (χ4v) is 2.17. The van der Waals surface area contributed by atoms with Crippen LogP contribution in [-0.4, -0.2) is 38.8 Å². The monoisotopic (exact) mass is 350 g/mol. The third-order valence-electron chi connectivity index (χ3n) is 2.90. The van der Waals surface area contributed by atoms with Crippen LogP contribution in [0.25, 0.3) is 0 Å². The molecule has 5 nitrogen and oxygen atoms in total. The Balaban J connectivity index is 0.00000441. The summed E-state index contributed by atoms with van der Waals surface area (Å²) in [5, 5.41) is 6.45. The molecule has 0 spiro atoms. The van der Waals surface area contributed by atoms with E-state index in [0.717, 1.165) is 6.54 Å². The Kier molecular flexibility index (Phi) is 9.98. The van der Waals surface area contributed by atoms with Gasteiger partial charge in [-0.15, -0.1) is 12.4 Å². The molecule has 0 saturated heterocycles. The quantitative estimate of drug-likeness (QED) is 0.756. The average Bonchev–Trinajstić information content (AvgIpc) is 2.47. The minimum Gasteiger partial charge on any atom is -0.493 e. The number of hydrogen-bond donors (Lipinski definition) is 2. The van der Waals surface area contributed by atoms with Crippen LogP contribution in [0.3, 0.4) is 0 Å². The zero-order valence-electron chi connectivity index (χ0n) is 13.4. The standard InChI is InChI=1S/C15H23ClN2O3.ClH/c1-5-17-10(3)9-18-15(19)11-7-12(16)14(21-6-2)13(8-11)20-4;/h7-8,10,17H,5-6,9H2,1-4H3,(H,18,19);1H/t10-;/m1./s1. The third kappa shape index (κ3) is 5.91. The first kappa shape index (κ1) is 20.8. The number of nitrogens with one attached hydrogen (secondary N) is 2. The van der Waals surface area contributed by atoms with Gasteiger partial charge in [-0.05, 0) is 32.5 Å². The zero-order valence-corrected chi connectivity index (χ0v) is 14.9. The summed E-state index contributed by atoms with van der Waals surface area (Å²) in [6.45, 7) is 7.77. The number of ether oxygens (including phenoxy) is 2. The Morgan fingerprint density at radius 2 is 2.05 bits per heavy atom. The first-order valence-electron chi connectivity index (χ1n) is 7.05. The molecule has 7 heteroatoms. The maximum absolute atomic E-state index is 12.1. The summed E-state index contributed by atoms with van der Waals surface area (Å²) in [4.78, 5) is 12.1. The Hall–Kier alpha value is -1.17. The largest absolute Gasteiger partial charge is 0.493 e. The normalized spacial score (nSPS) is 11.3. The topological polar surface area (TPSA) is 59.6 Å². The molecule has 1 aromatic carbocycles. The summed E-state index contributed by atoms with van der Waals surface area (Å²) in [5.41, 5.74) is 0.448. The van der Waals surface area contributed by atoms with E-state index in [0.29, 0.717) is 35.2 Å². The number of benzene rings is 1. The van der Waals surface area contributed by atoms with E-state index in [1.807, 2.05) is 20.8 Å². The number of likely N-dealkylation sites (N-methyl/N-ethyl adjacent to an activating group) is 1. The minimum atomic E-state index is -0.192. The molecule has 0 aliphatic carbocycles. The molecule has 1 amide bonds. The lowest BCUT2D eigenvalue weighted by Gasteiger charge is -2.15. The summed E-state index contributed by atoms with van der Waals surface area (Å²) >= 11 is 6.15. The molecule has 1 rings (SSSR count). The highest BCUT2D eigenvalue weighted by atomic mass is 35.5. The fourth-order valence-electron chi connectivity index (χ4n) is 1.90. The molecule has 0 radical (unpaired) electrons. The van der Waals surface area contributed by atoms with Crippen molar-refractivity contribution in [2.75, 3.05) is 26.8 Å². The Labute approximate surface area is 143 Å². The number of hydrogen-bond acceptors (Lipinski definition) is 4. The van der Waals surface area contributed by atoms with Gasteiger partial charge >= 0.3 is 0 Å². The van der Waals surface area contributed by atoms with Crippen LogP contribution in [0, 0.1) is 0 Å². The highest BCUT2D eigenvalue weighted by Gasteiger charge is 2.16. The summed E-state index contributed by atoms with van der Waals surface area (Å²) < 4.78 is 10.7. The molecule has 1 aromatic rings. The number of halogens is 2.